The van der Waals surface area contributed by atoms with Crippen LogP contribution in [-0.2, 0) is 62.3 Å². The molecule has 4 rings (SSSR count). The summed E-state index contributed by atoms with van der Waals surface area (Å²) < 4.78 is 29.9. The molecule has 0 saturated heterocycles. The second-order valence-electron chi connectivity index (χ2n) is 18.4. The Bertz CT molecular complexity index is 1380. The number of alkyl halides is 2. The van der Waals surface area contributed by atoms with Crippen molar-refractivity contribution < 1.29 is 240 Å². The van der Waals surface area contributed by atoms with Crippen LogP contribution in [0.4, 0.5) is 0 Å². The molecule has 0 aliphatic rings. The summed E-state index contributed by atoms with van der Waals surface area (Å²) in [7, 11) is 2.76. The maximum atomic E-state index is 10.1. The predicted molar refractivity (Wildman–Crippen MR) is 307 cm³/mol. The molecule has 80 heavy (non-hydrogen) atoms. The fraction of sp³-hybridized carbons (Fsp3) is 0.724. The summed E-state index contributed by atoms with van der Waals surface area (Å²) in [6.07, 6.45) is 21.3. The summed E-state index contributed by atoms with van der Waals surface area (Å²) in [6, 6.07) is 12.8. The van der Waals surface area contributed by atoms with Crippen molar-refractivity contribution in [3.05, 3.63) is 94.6 Å². The molecule has 0 spiro atoms. The molecule has 22 heteroatoms. The zero-order chi connectivity index (χ0) is 59.3. The zero-order valence-electron chi connectivity index (χ0n) is 53.0. The van der Waals surface area contributed by atoms with Gasteiger partial charge in [0.2, 0.25) is 0 Å². The summed E-state index contributed by atoms with van der Waals surface area (Å²) in [5.41, 5.74) is -0.702. The van der Waals surface area contributed by atoms with E-state index in [0.29, 0.717) is 46.1 Å². The third-order valence-corrected chi connectivity index (χ3v) is 9.92. The molecule has 0 atom stereocenters. The second-order valence-corrected chi connectivity index (χ2v) is 20.0. The van der Waals surface area contributed by atoms with Gasteiger partial charge in [0.1, 0.15) is 74.2 Å². The van der Waals surface area contributed by atoms with Crippen LogP contribution in [0.3, 0.4) is 0 Å². The van der Waals surface area contributed by atoms with Crippen LogP contribution in [0.1, 0.15) is 218 Å². The van der Waals surface area contributed by atoms with Crippen LogP contribution in [0, 0.1) is 0 Å². The number of furan rings is 4. The molecule has 0 aliphatic carbocycles. The number of unbranched alkanes of at least 4 members (excludes halogenated alkanes) is 12. The molecular formula is C58H107Br2K2Na2O16+. The molecular weight excluding hydrogens is 1240 g/mol. The van der Waals surface area contributed by atoms with E-state index in [4.69, 9.17) is 62.9 Å². The van der Waals surface area contributed by atoms with Gasteiger partial charge in [-0.1, -0.05) is 171 Å². The van der Waals surface area contributed by atoms with E-state index >= 15 is 0 Å². The van der Waals surface area contributed by atoms with E-state index in [-0.39, 0.29) is 220 Å². The smallest absolute Gasteiger partial charge is 0.850 e. The number of aliphatic hydroxyl groups excluding tert-OH is 7. The molecule has 0 aromatic carbocycles. The van der Waals surface area contributed by atoms with Gasteiger partial charge in [-0.15, -0.1) is 5.60 Å². The van der Waals surface area contributed by atoms with Gasteiger partial charge in [-0.25, -0.2) is 0 Å². The molecule has 0 radical (unpaired) electrons. The molecule has 4 aromatic heterocycles. The van der Waals surface area contributed by atoms with Crippen molar-refractivity contribution in [3.63, 3.8) is 0 Å². The minimum atomic E-state index is -0.750. The summed E-state index contributed by atoms with van der Waals surface area (Å²) in [5, 5.41) is 90.4. The van der Waals surface area contributed by atoms with Gasteiger partial charge in [-0.2, -0.15) is 0 Å². The number of hydrogen-bond donors (Lipinski definition) is 7. The van der Waals surface area contributed by atoms with Crippen molar-refractivity contribution in [3.8, 4) is 0 Å². The van der Waals surface area contributed by atoms with Crippen molar-refractivity contribution >= 4 is 31.9 Å². The summed E-state index contributed by atoms with van der Waals surface area (Å²) >= 11 is 6.76. The second kappa shape index (κ2) is 81.9. The molecule has 0 aliphatic heterocycles. The number of rotatable bonds is 26. The Morgan fingerprint density at radius 1 is 0.412 bits per heavy atom. The molecule has 0 amide bonds. The average molecular weight is 1340 g/mol. The molecule has 0 bridgehead atoms. The maximum Gasteiger partial charge on any atom is 1.00 e. The van der Waals surface area contributed by atoms with Gasteiger partial charge < -0.3 is 78.2 Å². The van der Waals surface area contributed by atoms with E-state index in [2.05, 4.69) is 80.3 Å². The monoisotopic (exact) mass is 1340 g/mol. The molecule has 4 heterocycles. The Morgan fingerprint density at radius 2 is 0.625 bits per heavy atom. The maximum absolute atomic E-state index is 10.1. The van der Waals surface area contributed by atoms with E-state index in [1.54, 1.807) is 76.4 Å². The van der Waals surface area contributed by atoms with Gasteiger partial charge in [-0.05, 0) is 95.0 Å². The fourth-order valence-electron chi connectivity index (χ4n) is 4.98. The number of aliphatic hydroxyl groups is 7. The van der Waals surface area contributed by atoms with Crippen molar-refractivity contribution in [1.29, 1.82) is 0 Å². The van der Waals surface area contributed by atoms with Crippen LogP contribution >= 0.6 is 31.9 Å². The first-order chi connectivity index (χ1) is 36.3. The predicted octanol–water partition coefficient (Wildman–Crippen LogP) is -0.919. The van der Waals surface area contributed by atoms with Crippen LogP contribution in [0.25, 0.3) is 0 Å². The topological polar surface area (TPSA) is 282 Å². The molecule has 7 N–H and O–H groups in total. The normalized spacial score (nSPS) is 9.60. The van der Waals surface area contributed by atoms with Crippen molar-refractivity contribution in [1.82, 2.24) is 0 Å². The first-order valence-electron chi connectivity index (χ1n) is 26.8. The molecule has 16 nitrogen and oxygen atoms in total. The largest absolute Gasteiger partial charge is 1.00 e. The molecule has 0 unspecified atom stereocenters. The molecule has 0 fully saturated rings. The summed E-state index contributed by atoms with van der Waals surface area (Å²) in [5.74, 6) is 3.58. The number of ether oxygens (including phenoxy) is 2. The van der Waals surface area contributed by atoms with Crippen molar-refractivity contribution in [2.45, 2.75) is 236 Å². The van der Waals surface area contributed by atoms with Crippen LogP contribution in [-0.4, -0.2) is 85.0 Å². The van der Waals surface area contributed by atoms with E-state index in [1.165, 1.54) is 113 Å². The molecule has 0 saturated carbocycles. The Morgan fingerprint density at radius 3 is 0.787 bits per heavy atom. The Hall–Kier alpha value is 2.87. The zero-order valence-corrected chi connectivity index (χ0v) is 66.4. The SMILES string of the molecule is CC(C)(C)[O-].CCCCCCBr.CCCCCCBr.CCCCCCOC.CCCCCCOC(C)(C)C.CO.OCc1ccc(CO)o1.OCc1ccc(CO)o1.[K+].[K+].[Na+].[Na+].[O-]Cc1ccc(CO)o1.[O-]Cc1ccc(CO)o1. The first kappa shape index (κ1) is 105. The van der Waals surface area contributed by atoms with Crippen molar-refractivity contribution in [2.24, 2.45) is 0 Å². The number of hydrogen-bond acceptors (Lipinski definition) is 16. The van der Waals surface area contributed by atoms with Gasteiger partial charge >= 0.3 is 162 Å². The van der Waals surface area contributed by atoms with Crippen LogP contribution in [0.5, 0.6) is 0 Å². The van der Waals surface area contributed by atoms with Gasteiger partial charge in [-0.3, -0.25) is 0 Å². The van der Waals surface area contributed by atoms with Gasteiger partial charge in [0.15, 0.2) is 0 Å². The summed E-state index contributed by atoms with van der Waals surface area (Å²) in [4.78, 5) is 0. The van der Waals surface area contributed by atoms with Crippen LogP contribution < -0.4 is 177 Å². The van der Waals surface area contributed by atoms with Crippen LogP contribution in [0.2, 0.25) is 0 Å². The van der Waals surface area contributed by atoms with Gasteiger partial charge in [0, 0.05) is 38.1 Å². The van der Waals surface area contributed by atoms with E-state index in [0.717, 1.165) is 20.3 Å². The minimum absolute atomic E-state index is 0. The van der Waals surface area contributed by atoms with Crippen molar-refractivity contribution in [2.75, 3.05) is 38.1 Å². The standard InChI is InChI=1S/C10H22O.C7H16O.2C6H13Br.2C6H8O3.2C6H7O3.C4H9O.CH4O.2K.2Na/c1-5-6-7-8-9-11-10(2,3)4;1-3-4-5-6-7-8-2;2*1-2-3-4-5-6-7;4*7-3-5-1-2-6(4-8)9-5;1-4(2,3)5;1-2;;;;/h5-9H2,1-4H3;3-7H2,1-2H3;2*2-6H2,1H3;2*1-2,7-8H,3-4H2;2*1-2,7H,3-4H2;1-3H3;2H,1H3;;;;/q;;;;;;3*-1;;4*+1. The quantitative estimate of drug-likeness (QED) is 0.0228. The Labute approximate surface area is 631 Å². The minimum Gasteiger partial charge on any atom is -0.850 e. The molecule has 452 valence electrons. The van der Waals surface area contributed by atoms with E-state index in [1.807, 2.05) is 0 Å². The van der Waals surface area contributed by atoms with E-state index < -0.39 is 5.60 Å². The number of halogens is 2. The van der Waals surface area contributed by atoms with E-state index in [9.17, 15) is 15.3 Å². The first-order valence-corrected chi connectivity index (χ1v) is 29.0. The average Bonchev–Trinajstić information content (AvgIpc) is 4.27. The third-order valence-electron chi connectivity index (χ3n) is 8.80. The number of methoxy groups -OCH3 is 1. The van der Waals surface area contributed by atoms with Gasteiger partial charge in [0.05, 0.1) is 17.1 Å². The summed E-state index contributed by atoms with van der Waals surface area (Å²) in [6.45, 7) is 20.5. The molecule has 4 aromatic rings. The Kier molecular flexibility index (Phi) is 107. The van der Waals surface area contributed by atoms with Gasteiger partial charge in [0.25, 0.3) is 0 Å². The Balaban J connectivity index is -0.0000000857. The fourth-order valence-corrected chi connectivity index (χ4v) is 5.77. The van der Waals surface area contributed by atoms with Crippen LogP contribution in [0.15, 0.2) is 66.2 Å². The third kappa shape index (κ3) is 89.6.